The summed E-state index contributed by atoms with van der Waals surface area (Å²) in [5.74, 6) is -0.935. The van der Waals surface area contributed by atoms with Crippen molar-refractivity contribution < 1.29 is 40.5 Å². The highest BCUT2D eigenvalue weighted by molar-refractivity contribution is 5.84. The largest absolute Gasteiger partial charge is 0.478 e. The van der Waals surface area contributed by atoms with E-state index in [2.05, 4.69) is 6.58 Å². The van der Waals surface area contributed by atoms with Crippen LogP contribution in [0.25, 0.3) is 0 Å². The van der Waals surface area contributed by atoms with Crippen LogP contribution in [0.1, 0.15) is 27.7 Å². The molecule has 0 aliphatic carbocycles. The van der Waals surface area contributed by atoms with Gasteiger partial charge in [-0.2, -0.15) is 0 Å². The van der Waals surface area contributed by atoms with E-state index in [0.29, 0.717) is 0 Å². The first kappa shape index (κ1) is 28.2. The lowest BCUT2D eigenvalue weighted by atomic mass is 10.4. The monoisotopic (exact) mass is 314 g/mol. The SMILES string of the molecule is C=C(C)C(=O)O.CC(O)CO.CC(O)CO.CC(O)CO. The second-order valence-electron chi connectivity index (χ2n) is 4.18. The number of carbonyl (C=O) groups is 1. The third-order valence-corrected chi connectivity index (χ3v) is 1.16. The Morgan fingerprint density at radius 3 is 0.952 bits per heavy atom. The Morgan fingerprint density at radius 2 is 0.952 bits per heavy atom. The Hall–Kier alpha value is -1.03. The summed E-state index contributed by atoms with van der Waals surface area (Å²) in [6.07, 6.45) is -1.68. The van der Waals surface area contributed by atoms with Crippen LogP contribution in [-0.2, 0) is 4.79 Å². The van der Waals surface area contributed by atoms with Crippen LogP contribution in [-0.4, -0.2) is 79.8 Å². The van der Waals surface area contributed by atoms with Gasteiger partial charge in [0.25, 0.3) is 0 Å². The third-order valence-electron chi connectivity index (χ3n) is 1.16. The third kappa shape index (κ3) is 67.9. The van der Waals surface area contributed by atoms with Gasteiger partial charge in [-0.1, -0.05) is 6.58 Å². The Labute approximate surface area is 125 Å². The molecule has 0 aromatic rings. The van der Waals surface area contributed by atoms with Crippen molar-refractivity contribution >= 4 is 5.97 Å². The molecule has 8 nitrogen and oxygen atoms in total. The molecular weight excluding hydrogens is 284 g/mol. The van der Waals surface area contributed by atoms with Gasteiger partial charge < -0.3 is 35.7 Å². The number of hydrogen-bond donors (Lipinski definition) is 7. The summed E-state index contributed by atoms with van der Waals surface area (Å²) in [5, 5.41) is 55.9. The van der Waals surface area contributed by atoms with E-state index in [-0.39, 0.29) is 25.4 Å². The molecule has 21 heavy (non-hydrogen) atoms. The van der Waals surface area contributed by atoms with Crippen LogP contribution >= 0.6 is 0 Å². The summed E-state index contributed by atoms with van der Waals surface area (Å²) in [6, 6.07) is 0. The van der Waals surface area contributed by atoms with Gasteiger partial charge in [-0.15, -0.1) is 0 Å². The standard InChI is InChI=1S/C4H6O2.3C3H8O2/c1-3(2)4(5)6;3*1-3(5)2-4/h1H2,2H3,(H,5,6);3*3-5H,2H2,1H3. The molecule has 0 bridgehead atoms. The minimum Gasteiger partial charge on any atom is -0.478 e. The normalized spacial score (nSPS) is 12.9. The van der Waals surface area contributed by atoms with Crippen molar-refractivity contribution in [2.45, 2.75) is 46.0 Å². The summed E-state index contributed by atoms with van der Waals surface area (Å²) >= 11 is 0. The predicted molar refractivity (Wildman–Crippen MR) is 78.7 cm³/mol. The molecule has 0 spiro atoms. The van der Waals surface area contributed by atoms with E-state index in [9.17, 15) is 4.79 Å². The number of carboxylic acids is 1. The zero-order valence-electron chi connectivity index (χ0n) is 13.1. The zero-order chi connectivity index (χ0) is 18.0. The highest BCUT2D eigenvalue weighted by Crippen LogP contribution is 1.81. The zero-order valence-corrected chi connectivity index (χ0v) is 13.1. The fraction of sp³-hybridized carbons (Fsp3) is 0.769. The summed E-state index contributed by atoms with van der Waals surface area (Å²) < 4.78 is 0. The van der Waals surface area contributed by atoms with E-state index in [1.54, 1.807) is 0 Å². The molecule has 0 amide bonds. The molecule has 0 fully saturated rings. The van der Waals surface area contributed by atoms with Gasteiger partial charge in [0.15, 0.2) is 0 Å². The van der Waals surface area contributed by atoms with Crippen molar-refractivity contribution in [3.63, 3.8) is 0 Å². The summed E-state index contributed by atoms with van der Waals surface area (Å²) in [5.41, 5.74) is 0.176. The minimum atomic E-state index is -0.935. The van der Waals surface area contributed by atoms with Gasteiger partial charge in [0.2, 0.25) is 0 Å². The second kappa shape index (κ2) is 21.3. The Morgan fingerprint density at radius 1 is 0.857 bits per heavy atom. The number of aliphatic carboxylic acids is 1. The van der Waals surface area contributed by atoms with Gasteiger partial charge in [-0.25, -0.2) is 4.79 Å². The van der Waals surface area contributed by atoms with Crippen molar-refractivity contribution in [1.29, 1.82) is 0 Å². The first-order chi connectivity index (χ1) is 9.45. The van der Waals surface area contributed by atoms with Crippen LogP contribution in [0.2, 0.25) is 0 Å². The second-order valence-corrected chi connectivity index (χ2v) is 4.18. The molecule has 0 aliphatic heterocycles. The average molecular weight is 314 g/mol. The Bertz CT molecular complexity index is 195. The van der Waals surface area contributed by atoms with E-state index in [1.165, 1.54) is 27.7 Å². The molecule has 130 valence electrons. The lowest BCUT2D eigenvalue weighted by Gasteiger charge is -1.90. The highest BCUT2D eigenvalue weighted by atomic mass is 16.4. The molecule has 3 unspecified atom stereocenters. The first-order valence-corrected chi connectivity index (χ1v) is 6.21. The molecule has 0 aromatic carbocycles. The van der Waals surface area contributed by atoms with Gasteiger partial charge in [0.05, 0.1) is 38.1 Å². The van der Waals surface area contributed by atoms with Crippen LogP contribution in [0.15, 0.2) is 12.2 Å². The van der Waals surface area contributed by atoms with Crippen molar-refractivity contribution in [2.24, 2.45) is 0 Å². The minimum absolute atomic E-state index is 0.139. The quantitative estimate of drug-likeness (QED) is 0.316. The predicted octanol–water partition coefficient (Wildman–Crippen LogP) is -1.27. The molecule has 3 atom stereocenters. The molecule has 0 heterocycles. The van der Waals surface area contributed by atoms with Crippen LogP contribution < -0.4 is 0 Å². The van der Waals surface area contributed by atoms with Gasteiger partial charge in [-0.3, -0.25) is 0 Å². The van der Waals surface area contributed by atoms with E-state index >= 15 is 0 Å². The van der Waals surface area contributed by atoms with E-state index in [4.69, 9.17) is 35.7 Å². The fourth-order valence-corrected chi connectivity index (χ4v) is 0. The Kier molecular flexibility index (Phi) is 28.5. The van der Waals surface area contributed by atoms with E-state index in [0.717, 1.165) is 0 Å². The number of aliphatic hydroxyl groups excluding tert-OH is 6. The molecule has 0 aromatic heterocycles. The van der Waals surface area contributed by atoms with Gasteiger partial charge in [-0.05, 0) is 27.7 Å². The molecule has 0 radical (unpaired) electrons. The Balaban J connectivity index is -0.0000000921. The first-order valence-electron chi connectivity index (χ1n) is 6.21. The van der Waals surface area contributed by atoms with E-state index in [1.807, 2.05) is 0 Å². The average Bonchev–Trinajstić information content (AvgIpc) is 2.40. The van der Waals surface area contributed by atoms with Crippen molar-refractivity contribution in [3.8, 4) is 0 Å². The number of hydrogen-bond acceptors (Lipinski definition) is 7. The molecule has 7 N–H and O–H groups in total. The van der Waals surface area contributed by atoms with E-state index < -0.39 is 24.3 Å². The lowest BCUT2D eigenvalue weighted by Crippen LogP contribution is -2.03. The maximum atomic E-state index is 9.60. The maximum absolute atomic E-state index is 9.60. The number of aliphatic hydroxyl groups is 6. The number of carboxylic acid groups (broad SMARTS) is 1. The smallest absolute Gasteiger partial charge is 0.330 e. The highest BCUT2D eigenvalue weighted by Gasteiger charge is 1.90. The van der Waals surface area contributed by atoms with Crippen LogP contribution in [0, 0.1) is 0 Å². The fourth-order valence-electron chi connectivity index (χ4n) is 0. The lowest BCUT2D eigenvalue weighted by molar-refractivity contribution is -0.132. The topological polar surface area (TPSA) is 159 Å². The maximum Gasteiger partial charge on any atom is 0.330 e. The van der Waals surface area contributed by atoms with Gasteiger partial charge in [0.1, 0.15) is 0 Å². The molecule has 0 saturated carbocycles. The summed E-state index contributed by atoms with van der Waals surface area (Å²) in [7, 11) is 0. The number of rotatable bonds is 4. The van der Waals surface area contributed by atoms with Crippen LogP contribution in [0.4, 0.5) is 0 Å². The van der Waals surface area contributed by atoms with Crippen molar-refractivity contribution in [1.82, 2.24) is 0 Å². The summed E-state index contributed by atoms with van der Waals surface area (Å²) in [4.78, 5) is 9.60. The summed E-state index contributed by atoms with van der Waals surface area (Å²) in [6.45, 7) is 8.77. The molecular formula is C13H30O8. The molecule has 8 heteroatoms. The van der Waals surface area contributed by atoms with Gasteiger partial charge in [0, 0.05) is 5.57 Å². The molecule has 0 rings (SSSR count). The van der Waals surface area contributed by atoms with Crippen molar-refractivity contribution in [2.75, 3.05) is 19.8 Å². The molecule has 0 aliphatic rings. The van der Waals surface area contributed by atoms with Crippen molar-refractivity contribution in [3.05, 3.63) is 12.2 Å². The molecule has 0 saturated heterocycles. The van der Waals surface area contributed by atoms with Gasteiger partial charge >= 0.3 is 5.97 Å². The van der Waals surface area contributed by atoms with Crippen LogP contribution in [0.5, 0.6) is 0 Å². The van der Waals surface area contributed by atoms with Crippen LogP contribution in [0.3, 0.4) is 0 Å².